The maximum Gasteiger partial charge on any atom is 0.261 e. The maximum atomic E-state index is 13.4. The number of likely N-dealkylation sites (tertiary alicyclic amines) is 1. The number of nitrogens with zero attached hydrogens (tertiary/aromatic N) is 2. The Morgan fingerprint density at radius 1 is 1.03 bits per heavy atom. The van der Waals surface area contributed by atoms with Gasteiger partial charge in [0.1, 0.15) is 11.5 Å². The SMILES string of the molecule is CCCCN1C(=O)c2ccc(C(=O)N3CCC[C@@H]3c3ccc(OC)cc3OC)cc2C1=O. The van der Waals surface area contributed by atoms with Gasteiger partial charge in [-0.2, -0.15) is 0 Å². The van der Waals surface area contributed by atoms with Gasteiger partial charge < -0.3 is 14.4 Å². The van der Waals surface area contributed by atoms with Gasteiger partial charge in [0, 0.05) is 30.3 Å². The van der Waals surface area contributed by atoms with Crippen LogP contribution in [0.1, 0.15) is 75.3 Å². The summed E-state index contributed by atoms with van der Waals surface area (Å²) in [5.41, 5.74) is 2.03. The van der Waals surface area contributed by atoms with E-state index < -0.39 is 0 Å². The van der Waals surface area contributed by atoms with Crippen LogP contribution in [0.15, 0.2) is 36.4 Å². The third kappa shape index (κ3) is 3.72. The molecule has 0 aromatic heterocycles. The van der Waals surface area contributed by atoms with Crippen molar-refractivity contribution < 1.29 is 23.9 Å². The van der Waals surface area contributed by atoms with Crippen molar-refractivity contribution in [3.63, 3.8) is 0 Å². The smallest absolute Gasteiger partial charge is 0.261 e. The summed E-state index contributed by atoms with van der Waals surface area (Å²) < 4.78 is 10.8. The van der Waals surface area contributed by atoms with Crippen LogP contribution in [0.5, 0.6) is 11.5 Å². The van der Waals surface area contributed by atoms with E-state index in [9.17, 15) is 14.4 Å². The standard InChI is InChI=1S/C25H28N2O5/c1-4-5-12-27-24(29)18-10-8-16(14-20(18)25(27)30)23(28)26-13-6-7-21(26)19-11-9-17(31-2)15-22(19)32-3/h8-11,14-15,21H,4-7,12-13H2,1-3H3/t21-/m1/s1. The van der Waals surface area contributed by atoms with E-state index in [1.807, 2.05) is 30.0 Å². The van der Waals surface area contributed by atoms with Crippen LogP contribution in [0.4, 0.5) is 0 Å². The first-order chi connectivity index (χ1) is 15.5. The van der Waals surface area contributed by atoms with Gasteiger partial charge in [-0.05, 0) is 49.6 Å². The molecule has 2 aromatic rings. The molecule has 2 heterocycles. The molecule has 1 saturated heterocycles. The molecule has 1 fully saturated rings. The Bertz CT molecular complexity index is 1060. The zero-order chi connectivity index (χ0) is 22.8. The maximum absolute atomic E-state index is 13.4. The van der Waals surface area contributed by atoms with E-state index in [0.717, 1.165) is 31.2 Å². The van der Waals surface area contributed by atoms with E-state index in [-0.39, 0.29) is 23.8 Å². The predicted octanol–water partition coefficient (Wildman–Crippen LogP) is 4.08. The van der Waals surface area contributed by atoms with Gasteiger partial charge in [-0.1, -0.05) is 13.3 Å². The van der Waals surface area contributed by atoms with E-state index in [2.05, 4.69) is 0 Å². The number of fused-ring (bicyclic) bond motifs is 1. The number of amides is 3. The summed E-state index contributed by atoms with van der Waals surface area (Å²) in [6.07, 6.45) is 3.35. The lowest BCUT2D eigenvalue weighted by Gasteiger charge is -2.27. The Hall–Kier alpha value is -3.35. The summed E-state index contributed by atoms with van der Waals surface area (Å²) in [5, 5.41) is 0. The molecule has 32 heavy (non-hydrogen) atoms. The summed E-state index contributed by atoms with van der Waals surface area (Å²) in [6, 6.07) is 10.3. The number of hydrogen-bond acceptors (Lipinski definition) is 5. The minimum Gasteiger partial charge on any atom is -0.497 e. The van der Waals surface area contributed by atoms with Crippen molar-refractivity contribution in [2.24, 2.45) is 0 Å². The Balaban J connectivity index is 1.61. The van der Waals surface area contributed by atoms with Crippen LogP contribution in [0.2, 0.25) is 0 Å². The van der Waals surface area contributed by atoms with Gasteiger partial charge in [0.25, 0.3) is 17.7 Å². The largest absolute Gasteiger partial charge is 0.497 e. The number of methoxy groups -OCH3 is 2. The van der Waals surface area contributed by atoms with Crippen molar-refractivity contribution in [3.8, 4) is 11.5 Å². The number of benzene rings is 2. The van der Waals surface area contributed by atoms with Crippen molar-refractivity contribution in [3.05, 3.63) is 58.7 Å². The molecule has 0 spiro atoms. The lowest BCUT2D eigenvalue weighted by Crippen LogP contribution is -2.31. The van der Waals surface area contributed by atoms with Crippen LogP contribution >= 0.6 is 0 Å². The van der Waals surface area contributed by atoms with Gasteiger partial charge in [-0.3, -0.25) is 19.3 Å². The first-order valence-corrected chi connectivity index (χ1v) is 11.0. The molecule has 4 rings (SSSR count). The molecule has 0 radical (unpaired) electrons. The first kappa shape index (κ1) is 21.9. The Morgan fingerprint density at radius 3 is 2.53 bits per heavy atom. The Labute approximate surface area is 187 Å². The summed E-state index contributed by atoms with van der Waals surface area (Å²) >= 11 is 0. The van der Waals surface area contributed by atoms with E-state index in [1.165, 1.54) is 4.90 Å². The van der Waals surface area contributed by atoms with Gasteiger partial charge in [0.05, 0.1) is 31.4 Å². The minimum absolute atomic E-state index is 0.130. The van der Waals surface area contributed by atoms with Crippen LogP contribution in [-0.2, 0) is 0 Å². The normalized spacial score (nSPS) is 17.7. The molecule has 0 aliphatic carbocycles. The average molecular weight is 437 g/mol. The van der Waals surface area contributed by atoms with Crippen LogP contribution in [0.3, 0.4) is 0 Å². The number of carbonyl (C=O) groups is 3. The zero-order valence-electron chi connectivity index (χ0n) is 18.7. The second-order valence-corrected chi connectivity index (χ2v) is 8.14. The van der Waals surface area contributed by atoms with Crippen molar-refractivity contribution in [1.29, 1.82) is 0 Å². The van der Waals surface area contributed by atoms with Gasteiger partial charge in [0.15, 0.2) is 0 Å². The highest BCUT2D eigenvalue weighted by atomic mass is 16.5. The van der Waals surface area contributed by atoms with Crippen LogP contribution in [-0.4, -0.2) is 54.8 Å². The second-order valence-electron chi connectivity index (χ2n) is 8.14. The topological polar surface area (TPSA) is 76.2 Å². The summed E-state index contributed by atoms with van der Waals surface area (Å²) in [4.78, 5) is 41.9. The molecule has 2 aliphatic rings. The molecule has 7 nitrogen and oxygen atoms in total. The van der Waals surface area contributed by atoms with Crippen molar-refractivity contribution in [2.45, 2.75) is 38.6 Å². The number of hydrogen-bond donors (Lipinski definition) is 0. The number of unbranched alkanes of at least 4 members (excludes halogenated alkanes) is 1. The molecule has 3 amide bonds. The molecule has 2 aliphatic heterocycles. The fourth-order valence-corrected chi connectivity index (χ4v) is 4.54. The fraction of sp³-hybridized carbons (Fsp3) is 0.400. The molecule has 168 valence electrons. The second kappa shape index (κ2) is 9.02. The number of imide groups is 1. The predicted molar refractivity (Wildman–Crippen MR) is 119 cm³/mol. The highest BCUT2D eigenvalue weighted by Crippen LogP contribution is 2.39. The lowest BCUT2D eigenvalue weighted by atomic mass is 10.0. The number of rotatable bonds is 7. The summed E-state index contributed by atoms with van der Waals surface area (Å²) in [7, 11) is 3.20. The molecule has 7 heteroatoms. The van der Waals surface area contributed by atoms with Crippen molar-refractivity contribution >= 4 is 17.7 Å². The molecule has 0 N–H and O–H groups in total. The molecule has 1 atom stereocenters. The average Bonchev–Trinajstić information content (AvgIpc) is 3.40. The van der Waals surface area contributed by atoms with Gasteiger partial charge in [-0.15, -0.1) is 0 Å². The van der Waals surface area contributed by atoms with Crippen LogP contribution < -0.4 is 9.47 Å². The number of carbonyl (C=O) groups excluding carboxylic acids is 3. The number of ether oxygens (including phenoxy) is 2. The Kier molecular flexibility index (Phi) is 6.17. The van der Waals surface area contributed by atoms with Crippen molar-refractivity contribution in [2.75, 3.05) is 27.3 Å². The zero-order valence-corrected chi connectivity index (χ0v) is 18.7. The summed E-state index contributed by atoms with van der Waals surface area (Å²) in [5.74, 6) is 0.619. The third-order valence-electron chi connectivity index (χ3n) is 6.27. The highest BCUT2D eigenvalue weighted by molar-refractivity contribution is 6.22. The van der Waals surface area contributed by atoms with E-state index in [0.29, 0.717) is 41.3 Å². The van der Waals surface area contributed by atoms with Gasteiger partial charge in [-0.25, -0.2) is 0 Å². The fourth-order valence-electron chi connectivity index (χ4n) is 4.54. The highest BCUT2D eigenvalue weighted by Gasteiger charge is 2.37. The third-order valence-corrected chi connectivity index (χ3v) is 6.27. The van der Waals surface area contributed by atoms with E-state index in [1.54, 1.807) is 32.4 Å². The van der Waals surface area contributed by atoms with E-state index in [4.69, 9.17) is 9.47 Å². The van der Waals surface area contributed by atoms with Crippen LogP contribution in [0.25, 0.3) is 0 Å². The molecular weight excluding hydrogens is 408 g/mol. The van der Waals surface area contributed by atoms with E-state index >= 15 is 0 Å². The molecule has 0 saturated carbocycles. The quantitative estimate of drug-likeness (QED) is 0.612. The summed E-state index contributed by atoms with van der Waals surface area (Å²) in [6.45, 7) is 3.03. The molecule has 0 bridgehead atoms. The Morgan fingerprint density at radius 2 is 1.81 bits per heavy atom. The van der Waals surface area contributed by atoms with Crippen LogP contribution in [0, 0.1) is 0 Å². The van der Waals surface area contributed by atoms with Gasteiger partial charge in [0.2, 0.25) is 0 Å². The molecular formula is C25H28N2O5. The minimum atomic E-state index is -0.317. The van der Waals surface area contributed by atoms with Gasteiger partial charge >= 0.3 is 0 Å². The monoisotopic (exact) mass is 436 g/mol. The lowest BCUT2D eigenvalue weighted by molar-refractivity contribution is 0.0651. The molecule has 0 unspecified atom stereocenters. The molecule has 2 aromatic carbocycles. The van der Waals surface area contributed by atoms with Crippen molar-refractivity contribution in [1.82, 2.24) is 9.80 Å². The first-order valence-electron chi connectivity index (χ1n) is 11.0.